The number of thioether (sulfide) groups is 1. The van der Waals surface area contributed by atoms with Crippen LogP contribution in [0.25, 0.3) is 16.6 Å². The van der Waals surface area contributed by atoms with Gasteiger partial charge in [-0.15, -0.1) is 0 Å². The van der Waals surface area contributed by atoms with Crippen LogP contribution >= 0.6 is 11.8 Å². The molecular formula is C26H24N2O6S. The topological polar surface area (TPSA) is 88.9 Å². The number of ketones is 1. The maximum atomic E-state index is 13.7. The lowest BCUT2D eigenvalue weighted by atomic mass is 10.1. The Hall–Kier alpha value is -3.98. The molecule has 0 spiro atoms. The predicted octanol–water partition coefficient (Wildman–Crippen LogP) is 4.40. The van der Waals surface area contributed by atoms with E-state index >= 15 is 0 Å². The van der Waals surface area contributed by atoms with Crippen molar-refractivity contribution >= 4 is 28.4 Å². The number of ether oxygens (including phenoxy) is 4. The summed E-state index contributed by atoms with van der Waals surface area (Å²) in [6.07, 6.45) is 0. The van der Waals surface area contributed by atoms with E-state index in [0.717, 1.165) is 11.8 Å². The molecule has 0 saturated carbocycles. The molecule has 0 N–H and O–H groups in total. The lowest BCUT2D eigenvalue weighted by Gasteiger charge is -2.17. The van der Waals surface area contributed by atoms with E-state index in [1.54, 1.807) is 49.6 Å². The second kappa shape index (κ2) is 10.5. The average Bonchev–Trinajstić information content (AvgIpc) is 2.91. The van der Waals surface area contributed by atoms with Gasteiger partial charge in [0.1, 0.15) is 11.3 Å². The van der Waals surface area contributed by atoms with E-state index in [2.05, 4.69) is 0 Å². The third-order valence-corrected chi connectivity index (χ3v) is 6.31. The number of carbonyl (C=O) groups excluding carboxylic acids is 1. The molecule has 8 nitrogen and oxygen atoms in total. The van der Waals surface area contributed by atoms with E-state index in [9.17, 15) is 9.59 Å². The van der Waals surface area contributed by atoms with E-state index in [1.807, 2.05) is 18.2 Å². The number of Topliss-reactive ketones (excluding diaryl/α,β-unsaturated/α-hetero) is 1. The highest BCUT2D eigenvalue weighted by Gasteiger charge is 2.23. The minimum Gasteiger partial charge on any atom is -0.497 e. The van der Waals surface area contributed by atoms with Crippen LogP contribution in [0.4, 0.5) is 0 Å². The Morgan fingerprint density at radius 3 is 2.29 bits per heavy atom. The summed E-state index contributed by atoms with van der Waals surface area (Å²) in [5.41, 5.74) is 1.13. The smallest absolute Gasteiger partial charge is 0.266 e. The Morgan fingerprint density at radius 1 is 0.886 bits per heavy atom. The van der Waals surface area contributed by atoms with Gasteiger partial charge in [0.25, 0.3) is 5.56 Å². The zero-order valence-corrected chi connectivity index (χ0v) is 20.5. The van der Waals surface area contributed by atoms with Gasteiger partial charge in [0, 0.05) is 5.56 Å². The monoisotopic (exact) mass is 492 g/mol. The first-order chi connectivity index (χ1) is 17.0. The summed E-state index contributed by atoms with van der Waals surface area (Å²) in [4.78, 5) is 31.4. The summed E-state index contributed by atoms with van der Waals surface area (Å²) in [5, 5.41) is 0.641. The number of hydrogen-bond donors (Lipinski definition) is 0. The molecule has 0 atom stereocenters. The van der Waals surface area contributed by atoms with Crippen LogP contribution in [-0.2, 0) is 0 Å². The number of benzene rings is 3. The normalized spacial score (nSPS) is 10.7. The van der Waals surface area contributed by atoms with Crippen LogP contribution in [0.15, 0.2) is 70.6 Å². The van der Waals surface area contributed by atoms with Gasteiger partial charge in [-0.05, 0) is 30.3 Å². The third kappa shape index (κ3) is 4.67. The summed E-state index contributed by atoms with van der Waals surface area (Å²) in [5.74, 6) is 1.49. The number of nitrogens with zero attached hydrogens (tertiary/aromatic N) is 2. The molecule has 0 bridgehead atoms. The number of fused-ring (bicyclic) bond motifs is 1. The van der Waals surface area contributed by atoms with Gasteiger partial charge in [0.15, 0.2) is 22.4 Å². The Labute approximate surface area is 206 Å². The van der Waals surface area contributed by atoms with Crippen molar-refractivity contribution in [3.63, 3.8) is 0 Å². The maximum Gasteiger partial charge on any atom is 0.266 e. The van der Waals surface area contributed by atoms with Gasteiger partial charge in [-0.25, -0.2) is 4.98 Å². The minimum atomic E-state index is -0.322. The average molecular weight is 493 g/mol. The van der Waals surface area contributed by atoms with Gasteiger partial charge in [0.05, 0.1) is 45.3 Å². The highest BCUT2D eigenvalue weighted by atomic mass is 32.2. The predicted molar refractivity (Wildman–Crippen MR) is 135 cm³/mol. The molecule has 0 saturated heterocycles. The van der Waals surface area contributed by atoms with Crippen molar-refractivity contribution in [3.8, 4) is 28.7 Å². The second-order valence-electron chi connectivity index (χ2n) is 7.36. The quantitative estimate of drug-likeness (QED) is 0.193. The minimum absolute atomic E-state index is 0.0630. The zero-order chi connectivity index (χ0) is 24.9. The molecule has 9 heteroatoms. The number of carbonyl (C=O) groups is 1. The molecule has 0 amide bonds. The second-order valence-corrected chi connectivity index (χ2v) is 8.30. The Balaban J connectivity index is 1.87. The van der Waals surface area contributed by atoms with Gasteiger partial charge < -0.3 is 18.9 Å². The van der Waals surface area contributed by atoms with E-state index in [1.165, 1.54) is 25.9 Å². The molecule has 0 fully saturated rings. The first-order valence-electron chi connectivity index (χ1n) is 10.6. The van der Waals surface area contributed by atoms with Gasteiger partial charge in [-0.1, -0.05) is 42.1 Å². The first kappa shape index (κ1) is 24.2. The third-order valence-electron chi connectivity index (χ3n) is 5.37. The molecule has 4 aromatic rings. The molecule has 35 heavy (non-hydrogen) atoms. The molecule has 0 aliphatic carbocycles. The van der Waals surface area contributed by atoms with Crippen molar-refractivity contribution in [2.24, 2.45) is 0 Å². The van der Waals surface area contributed by atoms with Gasteiger partial charge in [-0.2, -0.15) is 0 Å². The number of para-hydroxylation sites is 1. The molecule has 1 heterocycles. The van der Waals surface area contributed by atoms with Crippen molar-refractivity contribution in [1.82, 2.24) is 9.55 Å². The van der Waals surface area contributed by atoms with E-state index in [4.69, 9.17) is 23.9 Å². The Morgan fingerprint density at radius 2 is 1.63 bits per heavy atom. The number of aromatic nitrogens is 2. The number of rotatable bonds is 9. The number of methoxy groups -OCH3 is 4. The fraction of sp³-hybridized carbons (Fsp3) is 0.192. The van der Waals surface area contributed by atoms with Crippen molar-refractivity contribution in [1.29, 1.82) is 0 Å². The summed E-state index contributed by atoms with van der Waals surface area (Å²) in [6.45, 7) is 0. The molecule has 0 aliphatic rings. The lowest BCUT2D eigenvalue weighted by Crippen LogP contribution is -2.22. The van der Waals surface area contributed by atoms with Crippen LogP contribution in [0.3, 0.4) is 0 Å². The molecule has 0 aliphatic heterocycles. The fourth-order valence-corrected chi connectivity index (χ4v) is 4.58. The van der Waals surface area contributed by atoms with Crippen LogP contribution < -0.4 is 24.5 Å². The molecular weight excluding hydrogens is 468 g/mol. The lowest BCUT2D eigenvalue weighted by molar-refractivity contribution is 0.102. The van der Waals surface area contributed by atoms with E-state index < -0.39 is 0 Å². The molecule has 4 rings (SSSR count). The largest absolute Gasteiger partial charge is 0.497 e. The Kier molecular flexibility index (Phi) is 7.26. The van der Waals surface area contributed by atoms with Crippen LogP contribution in [0.2, 0.25) is 0 Å². The molecule has 0 unspecified atom stereocenters. The summed E-state index contributed by atoms with van der Waals surface area (Å²) in [7, 11) is 5.99. The standard InChI is InChI=1S/C26H24N2O6S/c1-31-18-12-8-9-16(13-18)20(29)15-35-26-27-22-19(14-21(32-2)23(33-3)24(22)34-4)25(30)28(26)17-10-6-5-7-11-17/h5-14H,15H2,1-4H3. The summed E-state index contributed by atoms with van der Waals surface area (Å²) < 4.78 is 23.2. The molecule has 1 aromatic heterocycles. The van der Waals surface area contributed by atoms with Crippen molar-refractivity contribution < 1.29 is 23.7 Å². The highest BCUT2D eigenvalue weighted by molar-refractivity contribution is 7.99. The highest BCUT2D eigenvalue weighted by Crippen LogP contribution is 2.42. The number of hydrogen-bond acceptors (Lipinski definition) is 8. The zero-order valence-electron chi connectivity index (χ0n) is 19.7. The van der Waals surface area contributed by atoms with Gasteiger partial charge >= 0.3 is 0 Å². The van der Waals surface area contributed by atoms with Crippen molar-refractivity contribution in [3.05, 3.63) is 76.6 Å². The molecule has 3 aromatic carbocycles. The van der Waals surface area contributed by atoms with Crippen molar-refractivity contribution in [2.75, 3.05) is 34.2 Å². The molecule has 0 radical (unpaired) electrons. The Bertz CT molecular complexity index is 1440. The van der Waals surface area contributed by atoms with Gasteiger partial charge in [-0.3, -0.25) is 14.2 Å². The van der Waals surface area contributed by atoms with Crippen molar-refractivity contribution in [2.45, 2.75) is 5.16 Å². The fourth-order valence-electron chi connectivity index (χ4n) is 3.68. The maximum absolute atomic E-state index is 13.7. The van der Waals surface area contributed by atoms with E-state index in [-0.39, 0.29) is 22.8 Å². The van der Waals surface area contributed by atoms with Crippen LogP contribution in [-0.4, -0.2) is 49.5 Å². The van der Waals surface area contributed by atoms with Crippen LogP contribution in [0.1, 0.15) is 10.4 Å². The van der Waals surface area contributed by atoms with Gasteiger partial charge in [0.2, 0.25) is 5.75 Å². The summed E-state index contributed by atoms with van der Waals surface area (Å²) in [6, 6.07) is 17.7. The molecule has 180 valence electrons. The van der Waals surface area contributed by atoms with Crippen LogP contribution in [0, 0.1) is 0 Å². The summed E-state index contributed by atoms with van der Waals surface area (Å²) >= 11 is 1.16. The first-order valence-corrected chi connectivity index (χ1v) is 11.6. The SMILES string of the molecule is COc1cccc(C(=O)CSc2nc3c(OC)c(OC)c(OC)cc3c(=O)n2-c2ccccc2)c1. The van der Waals surface area contributed by atoms with E-state index in [0.29, 0.717) is 44.6 Å². The van der Waals surface area contributed by atoms with Crippen LogP contribution in [0.5, 0.6) is 23.0 Å².